The lowest BCUT2D eigenvalue weighted by molar-refractivity contribution is -0.891. The van der Waals surface area contributed by atoms with E-state index >= 15 is 0 Å². The van der Waals surface area contributed by atoms with Crippen LogP contribution in [0.4, 0.5) is 0 Å². The second-order valence-corrected chi connectivity index (χ2v) is 14.0. The van der Waals surface area contributed by atoms with Gasteiger partial charge in [0.25, 0.3) is 0 Å². The average molecular weight is 747 g/mol. The van der Waals surface area contributed by atoms with Gasteiger partial charge >= 0.3 is 0 Å². The van der Waals surface area contributed by atoms with Crippen molar-refractivity contribution in [3.05, 3.63) is 0 Å². The molecule has 0 heterocycles. The van der Waals surface area contributed by atoms with E-state index in [1.807, 2.05) is 0 Å². The van der Waals surface area contributed by atoms with Crippen molar-refractivity contribution >= 4 is 0 Å². The predicted octanol–water partition coefficient (Wildman–Crippen LogP) is 3.04. The van der Waals surface area contributed by atoms with E-state index in [-0.39, 0.29) is 34.0 Å². The topological polar surface area (TPSA) is 27.7 Å². The van der Waals surface area contributed by atoms with Crippen molar-refractivity contribution in [3.63, 3.8) is 0 Å². The van der Waals surface area contributed by atoms with Crippen LogP contribution >= 0.6 is 0 Å². The molecule has 0 aliphatic carbocycles. The zero-order valence-electron chi connectivity index (χ0n) is 30.1. The first-order valence-electron chi connectivity index (χ1n) is 18.2. The largest absolute Gasteiger partial charge is 1.00 e. The Morgan fingerprint density at radius 1 is 0.302 bits per heavy atom. The summed E-state index contributed by atoms with van der Waals surface area (Å²) in [6.07, 6.45) is 28.1. The number of ether oxygens (including phenoxy) is 3. The number of hydrogen-bond acceptors (Lipinski definition) is 3. The van der Waals surface area contributed by atoms with Gasteiger partial charge in [-0.05, 0) is 25.7 Å². The molecule has 0 aliphatic heterocycles. The molecule has 0 bridgehead atoms. The minimum atomic E-state index is 0. The van der Waals surface area contributed by atoms with Gasteiger partial charge in [-0.3, -0.25) is 0 Å². The van der Waals surface area contributed by atoms with Crippen LogP contribution in [0.3, 0.4) is 0 Å². The summed E-state index contributed by atoms with van der Waals surface area (Å²) in [5.41, 5.74) is 0. The van der Waals surface area contributed by atoms with Gasteiger partial charge in [0.05, 0.1) is 80.9 Å². The molecule has 0 aromatic heterocycles. The van der Waals surface area contributed by atoms with E-state index in [4.69, 9.17) is 14.2 Å². The molecule has 0 aromatic carbocycles. The number of rotatable bonds is 34. The van der Waals surface area contributed by atoms with Crippen molar-refractivity contribution in [2.24, 2.45) is 0 Å². The molecule has 0 spiro atoms. The number of likely N-dealkylation sites (N-methyl/N-ethyl adjacent to an activating group) is 2. The zero-order valence-corrected chi connectivity index (χ0v) is 33.3. The molecule has 0 rings (SSSR count). The fraction of sp³-hybridized carbons (Fsp3) is 1.00. The van der Waals surface area contributed by atoms with Crippen LogP contribution in [0.15, 0.2) is 0 Å². The highest BCUT2D eigenvalue weighted by Gasteiger charge is 2.15. The molecule has 264 valence electrons. The van der Waals surface area contributed by atoms with Crippen molar-refractivity contribution < 1.29 is 57.1 Å². The number of nitrogens with zero attached hydrogens (tertiary/aromatic N) is 2. The number of quaternary nitrogens is 2. The number of unbranched alkanes of at least 4 members (excludes halogenated alkanes) is 18. The number of hydrogen-bond donors (Lipinski definition) is 0. The molecule has 43 heavy (non-hydrogen) atoms. The smallest absolute Gasteiger partial charge is 0.102 e. The predicted molar refractivity (Wildman–Crippen MR) is 180 cm³/mol. The Hall–Kier alpha value is 0.760. The molecular formula is C36H78Br2N2O3. The van der Waals surface area contributed by atoms with E-state index in [9.17, 15) is 0 Å². The molecule has 0 saturated heterocycles. The summed E-state index contributed by atoms with van der Waals surface area (Å²) < 4.78 is 19.5. The maximum atomic E-state index is 5.85. The fourth-order valence-corrected chi connectivity index (χ4v) is 5.44. The number of halogens is 2. The molecule has 7 heteroatoms. The van der Waals surface area contributed by atoms with Gasteiger partial charge in [-0.25, -0.2) is 0 Å². The highest BCUT2D eigenvalue weighted by Crippen LogP contribution is 2.13. The molecule has 0 saturated carbocycles. The lowest BCUT2D eigenvalue weighted by Gasteiger charge is -2.29. The van der Waals surface area contributed by atoms with Crippen molar-refractivity contribution in [1.29, 1.82) is 0 Å². The average Bonchev–Trinajstić information content (AvgIpc) is 2.93. The third kappa shape index (κ3) is 38.9. The van der Waals surface area contributed by atoms with Crippen molar-refractivity contribution in [2.45, 2.75) is 142 Å². The summed E-state index contributed by atoms with van der Waals surface area (Å²) in [6, 6.07) is 0. The minimum absolute atomic E-state index is 0. The van der Waals surface area contributed by atoms with E-state index in [0.717, 1.165) is 35.3 Å². The van der Waals surface area contributed by atoms with Gasteiger partial charge in [-0.2, -0.15) is 0 Å². The Morgan fingerprint density at radius 2 is 0.535 bits per heavy atom. The maximum Gasteiger partial charge on any atom is 0.102 e. The monoisotopic (exact) mass is 744 g/mol. The summed E-state index contributed by atoms with van der Waals surface area (Å²) in [6.45, 7) is 13.6. The molecule has 0 N–H and O–H groups in total. The van der Waals surface area contributed by atoms with E-state index < -0.39 is 0 Å². The highest BCUT2D eigenvalue weighted by molar-refractivity contribution is 4.49. The van der Waals surface area contributed by atoms with E-state index in [2.05, 4.69) is 42.0 Å². The van der Waals surface area contributed by atoms with Crippen molar-refractivity contribution in [2.75, 3.05) is 94.0 Å². The molecule has 5 nitrogen and oxygen atoms in total. The third-order valence-corrected chi connectivity index (χ3v) is 8.66. The Bertz CT molecular complexity index is 481. The maximum absolute atomic E-state index is 5.85. The summed E-state index contributed by atoms with van der Waals surface area (Å²) in [7, 11) is 9.34. The van der Waals surface area contributed by atoms with Crippen LogP contribution in [-0.2, 0) is 14.2 Å². The Balaban J connectivity index is -0.00000800. The zero-order chi connectivity index (χ0) is 30.3. The van der Waals surface area contributed by atoms with Gasteiger partial charge in [0.15, 0.2) is 0 Å². The second kappa shape index (κ2) is 35.6. The molecule has 0 aliphatic rings. The molecule has 0 atom stereocenters. The molecule has 0 radical (unpaired) electrons. The fourth-order valence-electron chi connectivity index (χ4n) is 5.44. The van der Waals surface area contributed by atoms with Gasteiger partial charge < -0.3 is 57.1 Å². The summed E-state index contributed by atoms with van der Waals surface area (Å²) in [4.78, 5) is 0. The van der Waals surface area contributed by atoms with Crippen LogP contribution in [0.25, 0.3) is 0 Å². The van der Waals surface area contributed by atoms with Gasteiger partial charge in [0.2, 0.25) is 0 Å². The Morgan fingerprint density at radius 3 is 0.814 bits per heavy atom. The molecular weight excluding hydrogens is 668 g/mol. The highest BCUT2D eigenvalue weighted by atomic mass is 79.9. The van der Waals surface area contributed by atoms with Crippen LogP contribution < -0.4 is 34.0 Å². The van der Waals surface area contributed by atoms with Crippen LogP contribution in [0.5, 0.6) is 0 Å². The SMILES string of the molecule is CCCCCCCCCCCC[N+](C)(C)CCOCCOCCOCC[N+](C)(C)CCCCCCCCCCCC.[Br-].[Br-]. The first-order chi connectivity index (χ1) is 19.8. The van der Waals surface area contributed by atoms with Gasteiger partial charge in [0.1, 0.15) is 13.1 Å². The third-order valence-electron chi connectivity index (χ3n) is 8.66. The standard InChI is InChI=1S/C36H78N2O3.2BrH/c1-7-9-11-13-15-17-19-21-23-25-27-37(3,4)29-31-39-33-35-41-36-34-40-32-30-38(5,6)28-26-24-22-20-18-16-14-12-10-8-2;;/h7-36H2,1-6H3;2*1H/q+2;;/p-2. The van der Waals surface area contributed by atoms with Gasteiger partial charge in [-0.15, -0.1) is 0 Å². The van der Waals surface area contributed by atoms with Crippen molar-refractivity contribution in [3.8, 4) is 0 Å². The Labute approximate surface area is 292 Å². The first-order valence-corrected chi connectivity index (χ1v) is 18.2. The lowest BCUT2D eigenvalue weighted by Crippen LogP contribution is -3.00. The molecule has 0 amide bonds. The van der Waals surface area contributed by atoms with E-state index in [1.165, 1.54) is 142 Å². The normalized spacial score (nSPS) is 11.9. The molecule has 0 unspecified atom stereocenters. The summed E-state index contributed by atoms with van der Waals surface area (Å²) in [5, 5.41) is 0. The lowest BCUT2D eigenvalue weighted by atomic mass is 10.1. The van der Waals surface area contributed by atoms with Gasteiger partial charge in [0, 0.05) is 0 Å². The van der Waals surface area contributed by atoms with E-state index in [1.54, 1.807) is 0 Å². The van der Waals surface area contributed by atoms with Crippen molar-refractivity contribution in [1.82, 2.24) is 0 Å². The summed E-state index contributed by atoms with van der Waals surface area (Å²) >= 11 is 0. The summed E-state index contributed by atoms with van der Waals surface area (Å²) in [5.74, 6) is 0. The van der Waals surface area contributed by atoms with Crippen LogP contribution in [0, 0.1) is 0 Å². The van der Waals surface area contributed by atoms with Crippen LogP contribution in [-0.4, -0.2) is 103 Å². The van der Waals surface area contributed by atoms with Crippen LogP contribution in [0.1, 0.15) is 142 Å². The molecule has 0 aromatic rings. The minimum Gasteiger partial charge on any atom is -1.00 e. The van der Waals surface area contributed by atoms with Gasteiger partial charge in [-0.1, -0.05) is 117 Å². The second-order valence-electron chi connectivity index (χ2n) is 14.0. The Kier molecular flexibility index (Phi) is 39.9. The van der Waals surface area contributed by atoms with Crippen LogP contribution in [0.2, 0.25) is 0 Å². The first kappa shape index (κ1) is 48.2. The van der Waals surface area contributed by atoms with E-state index in [0.29, 0.717) is 26.4 Å². The quantitative estimate of drug-likeness (QED) is 0.0750. The molecule has 0 fully saturated rings.